The molecular weight excluding hydrogens is 214 g/mol. The van der Waals surface area contributed by atoms with E-state index in [0.717, 1.165) is 13.0 Å². The third-order valence-corrected chi connectivity index (χ3v) is 4.52. The minimum absolute atomic E-state index is 1.02. The lowest BCUT2D eigenvalue weighted by atomic mass is 10.2. The van der Waals surface area contributed by atoms with E-state index in [-0.39, 0.29) is 0 Å². The van der Waals surface area contributed by atoms with Gasteiger partial charge in [-0.15, -0.1) is 11.3 Å². The summed E-state index contributed by atoms with van der Waals surface area (Å²) in [7, 11) is 0. The summed E-state index contributed by atoms with van der Waals surface area (Å²) < 4.78 is 2.36. The first kappa shape index (κ1) is 11.5. The lowest BCUT2D eigenvalue weighted by Gasteiger charge is -2.04. The summed E-state index contributed by atoms with van der Waals surface area (Å²) in [5.41, 5.74) is 4.21. The minimum atomic E-state index is 1.02. The highest BCUT2D eigenvalue weighted by atomic mass is 32.1. The van der Waals surface area contributed by atoms with Gasteiger partial charge >= 0.3 is 0 Å². The van der Waals surface area contributed by atoms with Gasteiger partial charge < -0.3 is 4.57 Å². The van der Waals surface area contributed by atoms with Crippen LogP contribution in [0.25, 0.3) is 0 Å². The summed E-state index contributed by atoms with van der Waals surface area (Å²) in [6, 6.07) is 4.51. The van der Waals surface area contributed by atoms with Gasteiger partial charge in [0.1, 0.15) is 0 Å². The van der Waals surface area contributed by atoms with Crippen molar-refractivity contribution in [3.63, 3.8) is 0 Å². The maximum absolute atomic E-state index is 2.36. The Bertz CT molecular complexity index is 491. The number of aromatic nitrogens is 1. The fraction of sp³-hybridized carbons (Fsp3) is 0.429. The van der Waals surface area contributed by atoms with Gasteiger partial charge in [0.05, 0.1) is 6.54 Å². The first-order valence-electron chi connectivity index (χ1n) is 5.82. The van der Waals surface area contributed by atoms with Crippen molar-refractivity contribution in [3.8, 4) is 0 Å². The van der Waals surface area contributed by atoms with Gasteiger partial charge in [-0.3, -0.25) is 0 Å². The molecule has 0 aromatic carbocycles. The molecule has 0 saturated carbocycles. The Morgan fingerprint density at radius 3 is 2.31 bits per heavy atom. The standard InChI is InChI=1S/C14H19NS/c1-5-13-6-7-14(16-13)9-15-8-10(2)11(3)12(15)4/h6-8H,5,9H2,1-4H3. The predicted molar refractivity (Wildman–Crippen MR) is 71.4 cm³/mol. The molecule has 0 saturated heterocycles. The first-order valence-corrected chi connectivity index (χ1v) is 6.64. The predicted octanol–water partition coefficient (Wildman–Crippen LogP) is 4.09. The quantitative estimate of drug-likeness (QED) is 0.752. The summed E-state index contributed by atoms with van der Waals surface area (Å²) in [5.74, 6) is 0. The zero-order chi connectivity index (χ0) is 11.7. The van der Waals surface area contributed by atoms with E-state index in [1.807, 2.05) is 11.3 Å². The van der Waals surface area contributed by atoms with Crippen molar-refractivity contribution < 1.29 is 0 Å². The maximum atomic E-state index is 2.36. The molecule has 2 heterocycles. The number of hydrogen-bond donors (Lipinski definition) is 0. The Balaban J connectivity index is 2.23. The Hall–Kier alpha value is -1.02. The molecule has 0 radical (unpaired) electrons. The van der Waals surface area contributed by atoms with Gasteiger partial charge in [-0.2, -0.15) is 0 Å². The molecule has 0 atom stereocenters. The van der Waals surface area contributed by atoms with E-state index < -0.39 is 0 Å². The smallest absolute Gasteiger partial charge is 0.0566 e. The van der Waals surface area contributed by atoms with Gasteiger partial charge in [0.2, 0.25) is 0 Å². The molecule has 2 rings (SSSR count). The lowest BCUT2D eigenvalue weighted by molar-refractivity contribution is 0.783. The largest absolute Gasteiger partial charge is 0.346 e. The molecule has 86 valence electrons. The molecule has 2 aromatic rings. The maximum Gasteiger partial charge on any atom is 0.0566 e. The topological polar surface area (TPSA) is 4.93 Å². The number of aryl methyl sites for hydroxylation is 2. The van der Waals surface area contributed by atoms with Crippen molar-refractivity contribution in [2.24, 2.45) is 0 Å². The second-order valence-corrected chi connectivity index (χ2v) is 5.62. The average Bonchev–Trinajstić information content (AvgIpc) is 2.81. The van der Waals surface area contributed by atoms with E-state index in [1.54, 1.807) is 0 Å². The molecule has 0 aliphatic rings. The van der Waals surface area contributed by atoms with Crippen molar-refractivity contribution in [1.29, 1.82) is 0 Å². The molecular formula is C14H19NS. The number of nitrogens with zero attached hydrogens (tertiary/aromatic N) is 1. The van der Waals surface area contributed by atoms with Crippen molar-refractivity contribution in [2.45, 2.75) is 40.7 Å². The molecule has 0 unspecified atom stereocenters. The van der Waals surface area contributed by atoms with E-state index in [0.29, 0.717) is 0 Å². The molecule has 0 amide bonds. The van der Waals surface area contributed by atoms with E-state index in [9.17, 15) is 0 Å². The molecule has 0 bridgehead atoms. The normalized spacial score (nSPS) is 11.0. The fourth-order valence-electron chi connectivity index (χ4n) is 1.96. The van der Waals surface area contributed by atoms with Crippen LogP contribution in [0.3, 0.4) is 0 Å². The lowest BCUT2D eigenvalue weighted by Crippen LogP contribution is -1.98. The van der Waals surface area contributed by atoms with Gasteiger partial charge in [0.15, 0.2) is 0 Å². The SMILES string of the molecule is CCc1ccc(Cn2cc(C)c(C)c2C)s1. The summed E-state index contributed by atoms with van der Waals surface area (Å²) >= 11 is 1.93. The van der Waals surface area contributed by atoms with Gasteiger partial charge in [-0.25, -0.2) is 0 Å². The van der Waals surface area contributed by atoms with Crippen LogP contribution in [0.15, 0.2) is 18.3 Å². The minimum Gasteiger partial charge on any atom is -0.346 e. The van der Waals surface area contributed by atoms with Crippen LogP contribution in [0.4, 0.5) is 0 Å². The number of rotatable bonds is 3. The van der Waals surface area contributed by atoms with Gasteiger partial charge in [0.25, 0.3) is 0 Å². The molecule has 0 fully saturated rings. The molecule has 0 aliphatic heterocycles. The molecule has 1 nitrogen and oxygen atoms in total. The van der Waals surface area contributed by atoms with E-state index in [4.69, 9.17) is 0 Å². The monoisotopic (exact) mass is 233 g/mol. The Morgan fingerprint density at radius 2 is 1.81 bits per heavy atom. The van der Waals surface area contributed by atoms with Crippen LogP contribution in [0, 0.1) is 20.8 Å². The second kappa shape index (κ2) is 4.46. The fourth-order valence-corrected chi connectivity index (χ4v) is 2.91. The third-order valence-electron chi connectivity index (χ3n) is 3.31. The summed E-state index contributed by atoms with van der Waals surface area (Å²) in [6.45, 7) is 9.82. The molecule has 0 spiro atoms. The Morgan fingerprint density at radius 1 is 1.12 bits per heavy atom. The van der Waals surface area contributed by atoms with Gasteiger partial charge in [0, 0.05) is 21.6 Å². The zero-order valence-electron chi connectivity index (χ0n) is 10.5. The zero-order valence-corrected chi connectivity index (χ0v) is 11.3. The Kier molecular flexibility index (Phi) is 3.20. The summed E-state index contributed by atoms with van der Waals surface area (Å²) in [5, 5.41) is 0. The van der Waals surface area contributed by atoms with Crippen LogP contribution in [-0.2, 0) is 13.0 Å². The van der Waals surface area contributed by atoms with Crippen molar-refractivity contribution in [2.75, 3.05) is 0 Å². The van der Waals surface area contributed by atoms with Crippen molar-refractivity contribution in [1.82, 2.24) is 4.57 Å². The van der Waals surface area contributed by atoms with Crippen LogP contribution in [0.1, 0.15) is 33.5 Å². The summed E-state index contributed by atoms with van der Waals surface area (Å²) in [4.78, 5) is 2.93. The highest BCUT2D eigenvalue weighted by Crippen LogP contribution is 2.21. The highest BCUT2D eigenvalue weighted by molar-refractivity contribution is 7.11. The number of thiophene rings is 1. The van der Waals surface area contributed by atoms with Crippen LogP contribution in [0.5, 0.6) is 0 Å². The second-order valence-electron chi connectivity index (χ2n) is 4.37. The van der Waals surface area contributed by atoms with E-state index in [2.05, 4.69) is 50.6 Å². The molecule has 0 N–H and O–H groups in total. The highest BCUT2D eigenvalue weighted by Gasteiger charge is 2.06. The van der Waals surface area contributed by atoms with Crippen LogP contribution >= 0.6 is 11.3 Å². The van der Waals surface area contributed by atoms with E-state index >= 15 is 0 Å². The number of hydrogen-bond acceptors (Lipinski definition) is 1. The molecule has 0 aliphatic carbocycles. The van der Waals surface area contributed by atoms with Crippen LogP contribution < -0.4 is 0 Å². The average molecular weight is 233 g/mol. The summed E-state index contributed by atoms with van der Waals surface area (Å²) in [6.07, 6.45) is 3.41. The molecule has 16 heavy (non-hydrogen) atoms. The van der Waals surface area contributed by atoms with Crippen LogP contribution in [0.2, 0.25) is 0 Å². The third kappa shape index (κ3) is 2.07. The molecule has 2 heteroatoms. The Labute approximate surface area is 102 Å². The van der Waals surface area contributed by atoms with Crippen molar-refractivity contribution in [3.05, 3.63) is 44.9 Å². The van der Waals surface area contributed by atoms with E-state index in [1.165, 1.54) is 26.6 Å². The van der Waals surface area contributed by atoms with Crippen molar-refractivity contribution >= 4 is 11.3 Å². The van der Waals surface area contributed by atoms with Crippen LogP contribution in [-0.4, -0.2) is 4.57 Å². The van der Waals surface area contributed by atoms with Gasteiger partial charge in [-0.1, -0.05) is 6.92 Å². The van der Waals surface area contributed by atoms with Gasteiger partial charge in [-0.05, 0) is 50.5 Å². The first-order chi connectivity index (χ1) is 7.61. The molecule has 2 aromatic heterocycles.